The van der Waals surface area contributed by atoms with Crippen molar-refractivity contribution in [1.82, 2.24) is 10.6 Å². The van der Waals surface area contributed by atoms with Crippen LogP contribution in [0.2, 0.25) is 0 Å². The standard InChI is InChI=1S/C22H35N3O4/c1-21(2,3)19(26-5)13-24-20(23-4)25-14-22(8-10-27-11-9-22)16-6-7-17-18(12-16)29-15-28-17/h6-7,12,19H,8-11,13-15H2,1-5H3,(H2,23,24,25). The second kappa shape index (κ2) is 9.22. The summed E-state index contributed by atoms with van der Waals surface area (Å²) in [5, 5.41) is 6.95. The first kappa shape index (κ1) is 21.7. The van der Waals surface area contributed by atoms with Crippen molar-refractivity contribution in [2.24, 2.45) is 10.4 Å². The molecule has 29 heavy (non-hydrogen) atoms. The van der Waals surface area contributed by atoms with Crippen LogP contribution in [0.4, 0.5) is 0 Å². The zero-order valence-electron chi connectivity index (χ0n) is 18.3. The number of hydrogen-bond donors (Lipinski definition) is 2. The monoisotopic (exact) mass is 405 g/mol. The molecule has 1 unspecified atom stereocenters. The van der Waals surface area contributed by atoms with Gasteiger partial charge >= 0.3 is 0 Å². The van der Waals surface area contributed by atoms with Crippen LogP contribution in [0.1, 0.15) is 39.2 Å². The number of fused-ring (bicyclic) bond motifs is 1. The van der Waals surface area contributed by atoms with Crippen molar-refractivity contribution in [1.29, 1.82) is 0 Å². The molecule has 7 nitrogen and oxygen atoms in total. The van der Waals surface area contributed by atoms with Crippen molar-refractivity contribution in [3.8, 4) is 11.5 Å². The Labute approximate surface area is 174 Å². The molecule has 0 spiro atoms. The molecule has 3 rings (SSSR count). The Kier molecular flexibility index (Phi) is 6.90. The van der Waals surface area contributed by atoms with Gasteiger partial charge in [0.05, 0.1) is 6.10 Å². The molecule has 1 aromatic rings. The molecule has 0 saturated carbocycles. The highest BCUT2D eigenvalue weighted by Gasteiger charge is 2.36. The molecule has 2 aliphatic rings. The van der Waals surface area contributed by atoms with E-state index in [2.05, 4.69) is 48.5 Å². The van der Waals surface area contributed by atoms with Gasteiger partial charge < -0.3 is 29.6 Å². The molecule has 1 atom stereocenters. The SMILES string of the molecule is CN=C(NCC(OC)C(C)(C)C)NCC1(c2ccc3c(c2)OCO3)CCOCC1. The number of guanidine groups is 1. The van der Waals surface area contributed by atoms with Crippen LogP contribution < -0.4 is 20.1 Å². The third kappa shape index (κ3) is 5.14. The maximum absolute atomic E-state index is 5.66. The fourth-order valence-electron chi connectivity index (χ4n) is 3.96. The van der Waals surface area contributed by atoms with E-state index in [1.807, 2.05) is 6.07 Å². The van der Waals surface area contributed by atoms with Crippen LogP contribution >= 0.6 is 0 Å². The van der Waals surface area contributed by atoms with Gasteiger partial charge in [-0.25, -0.2) is 0 Å². The zero-order valence-corrected chi connectivity index (χ0v) is 18.3. The van der Waals surface area contributed by atoms with E-state index in [9.17, 15) is 0 Å². The summed E-state index contributed by atoms with van der Waals surface area (Å²) in [7, 11) is 3.55. The molecule has 1 fully saturated rings. The minimum absolute atomic E-state index is 0.0401. The van der Waals surface area contributed by atoms with E-state index < -0.39 is 0 Å². The summed E-state index contributed by atoms with van der Waals surface area (Å²) in [4.78, 5) is 4.41. The number of ether oxygens (including phenoxy) is 4. The molecule has 0 aliphatic carbocycles. The van der Waals surface area contributed by atoms with E-state index in [1.54, 1.807) is 14.2 Å². The number of nitrogens with zero attached hydrogens (tertiary/aromatic N) is 1. The van der Waals surface area contributed by atoms with Crippen LogP contribution in [0.3, 0.4) is 0 Å². The van der Waals surface area contributed by atoms with Crippen molar-refractivity contribution in [2.75, 3.05) is 47.3 Å². The van der Waals surface area contributed by atoms with Gasteiger partial charge in [0.25, 0.3) is 0 Å². The van der Waals surface area contributed by atoms with Crippen molar-refractivity contribution in [3.05, 3.63) is 23.8 Å². The number of rotatable bonds is 6. The average molecular weight is 406 g/mol. The quantitative estimate of drug-likeness (QED) is 0.560. The van der Waals surface area contributed by atoms with E-state index in [4.69, 9.17) is 18.9 Å². The summed E-state index contributed by atoms with van der Waals surface area (Å²) in [6, 6.07) is 6.28. The van der Waals surface area contributed by atoms with Crippen LogP contribution in [0, 0.1) is 5.41 Å². The number of aliphatic imine (C=N–C) groups is 1. The largest absolute Gasteiger partial charge is 0.454 e. The van der Waals surface area contributed by atoms with E-state index in [0.29, 0.717) is 6.54 Å². The molecule has 0 bridgehead atoms. The van der Waals surface area contributed by atoms with Crippen LogP contribution in [0.25, 0.3) is 0 Å². The molecule has 0 aromatic heterocycles. The van der Waals surface area contributed by atoms with Gasteiger partial charge in [-0.05, 0) is 36.0 Å². The molecule has 0 radical (unpaired) electrons. The highest BCUT2D eigenvalue weighted by Crippen LogP contribution is 2.40. The topological polar surface area (TPSA) is 73.3 Å². The molecule has 7 heteroatoms. The second-order valence-electron chi connectivity index (χ2n) is 8.86. The van der Waals surface area contributed by atoms with E-state index in [-0.39, 0.29) is 23.7 Å². The summed E-state index contributed by atoms with van der Waals surface area (Å²) >= 11 is 0. The van der Waals surface area contributed by atoms with Crippen LogP contribution in [0.15, 0.2) is 23.2 Å². The van der Waals surface area contributed by atoms with E-state index in [1.165, 1.54) is 5.56 Å². The number of benzene rings is 1. The lowest BCUT2D eigenvalue weighted by atomic mass is 9.74. The van der Waals surface area contributed by atoms with Gasteiger partial charge in [-0.1, -0.05) is 26.8 Å². The number of nitrogens with one attached hydrogen (secondary N) is 2. The first-order chi connectivity index (χ1) is 13.9. The Hall–Kier alpha value is -1.99. The second-order valence-corrected chi connectivity index (χ2v) is 8.86. The van der Waals surface area contributed by atoms with Crippen molar-refractivity contribution >= 4 is 5.96 Å². The summed E-state index contributed by atoms with van der Waals surface area (Å²) in [5.41, 5.74) is 1.26. The lowest BCUT2D eigenvalue weighted by Crippen LogP contribution is -2.50. The van der Waals surface area contributed by atoms with E-state index in [0.717, 1.165) is 50.1 Å². The van der Waals surface area contributed by atoms with Crippen molar-refractivity contribution < 1.29 is 18.9 Å². The van der Waals surface area contributed by atoms with Crippen LogP contribution in [-0.2, 0) is 14.9 Å². The fraction of sp³-hybridized carbons (Fsp3) is 0.682. The van der Waals surface area contributed by atoms with Crippen molar-refractivity contribution in [2.45, 2.75) is 45.1 Å². The molecule has 1 aromatic carbocycles. The highest BCUT2D eigenvalue weighted by atomic mass is 16.7. The van der Waals surface area contributed by atoms with Gasteiger partial charge in [0, 0.05) is 45.9 Å². The Morgan fingerprint density at radius 2 is 1.90 bits per heavy atom. The van der Waals surface area contributed by atoms with Gasteiger partial charge in [-0.3, -0.25) is 4.99 Å². The number of methoxy groups -OCH3 is 1. The van der Waals surface area contributed by atoms with Gasteiger partial charge in [0.1, 0.15) is 0 Å². The average Bonchev–Trinajstić information content (AvgIpc) is 3.18. The van der Waals surface area contributed by atoms with E-state index >= 15 is 0 Å². The Balaban J connectivity index is 1.69. The van der Waals surface area contributed by atoms with Crippen molar-refractivity contribution in [3.63, 3.8) is 0 Å². The smallest absolute Gasteiger partial charge is 0.231 e. The zero-order chi connectivity index (χ0) is 20.9. The maximum atomic E-state index is 5.66. The lowest BCUT2D eigenvalue weighted by Gasteiger charge is -2.38. The molecule has 2 heterocycles. The summed E-state index contributed by atoms with van der Waals surface area (Å²) in [6.45, 7) is 9.78. The van der Waals surface area contributed by atoms with Gasteiger partial charge in [-0.2, -0.15) is 0 Å². The predicted octanol–water partition coefficient (Wildman–Crippen LogP) is 2.69. The van der Waals surface area contributed by atoms with Crippen LogP contribution in [0.5, 0.6) is 11.5 Å². The minimum atomic E-state index is -0.0401. The number of hydrogen-bond acceptors (Lipinski definition) is 5. The highest BCUT2D eigenvalue weighted by molar-refractivity contribution is 5.79. The Morgan fingerprint density at radius 3 is 2.55 bits per heavy atom. The molecule has 0 amide bonds. The van der Waals surface area contributed by atoms with Gasteiger partial charge in [-0.15, -0.1) is 0 Å². The first-order valence-electron chi connectivity index (χ1n) is 10.3. The maximum Gasteiger partial charge on any atom is 0.231 e. The minimum Gasteiger partial charge on any atom is -0.454 e. The molecule has 2 aliphatic heterocycles. The predicted molar refractivity (Wildman–Crippen MR) is 114 cm³/mol. The van der Waals surface area contributed by atoms with Gasteiger partial charge in [0.2, 0.25) is 6.79 Å². The van der Waals surface area contributed by atoms with Gasteiger partial charge in [0.15, 0.2) is 17.5 Å². The summed E-state index contributed by atoms with van der Waals surface area (Å²) < 4.78 is 22.4. The normalized spacial score (nSPS) is 19.7. The molecule has 162 valence electrons. The third-order valence-electron chi connectivity index (χ3n) is 5.96. The fourth-order valence-corrected chi connectivity index (χ4v) is 3.96. The Morgan fingerprint density at radius 1 is 1.17 bits per heavy atom. The first-order valence-corrected chi connectivity index (χ1v) is 10.3. The molecular formula is C22H35N3O4. The lowest BCUT2D eigenvalue weighted by molar-refractivity contribution is 0.0204. The third-order valence-corrected chi connectivity index (χ3v) is 5.96. The Bertz CT molecular complexity index is 708. The molecular weight excluding hydrogens is 370 g/mol. The van der Waals surface area contributed by atoms with Crippen LogP contribution in [-0.4, -0.2) is 59.3 Å². The summed E-state index contributed by atoms with van der Waals surface area (Å²) in [6.07, 6.45) is 1.98. The molecule has 1 saturated heterocycles. The summed E-state index contributed by atoms with van der Waals surface area (Å²) in [5.74, 6) is 2.42. The molecule has 2 N–H and O–H groups in total.